The molecule has 4 rings (SSSR count). The molecule has 1 saturated heterocycles. The van der Waals surface area contributed by atoms with Crippen LogP contribution in [0.15, 0.2) is 48.5 Å². The SMILES string of the molecule is Cc1cc(N2CCN(C(=O)c3ccc(C)c([N+](=O)[O-])c3)CC2)nc(-c2ccc(C(F)(F)F)cc2)n1. The highest BCUT2D eigenvalue weighted by Gasteiger charge is 2.30. The maximum Gasteiger partial charge on any atom is 0.416 e. The van der Waals surface area contributed by atoms with E-state index in [-0.39, 0.29) is 17.2 Å². The van der Waals surface area contributed by atoms with Crippen molar-refractivity contribution in [3.63, 3.8) is 0 Å². The van der Waals surface area contributed by atoms with Crippen LogP contribution in [0.4, 0.5) is 24.7 Å². The van der Waals surface area contributed by atoms with Gasteiger partial charge in [-0.1, -0.05) is 18.2 Å². The normalized spacial score (nSPS) is 14.2. The van der Waals surface area contributed by atoms with Gasteiger partial charge in [0.25, 0.3) is 11.6 Å². The van der Waals surface area contributed by atoms with E-state index in [1.165, 1.54) is 18.2 Å². The molecule has 0 N–H and O–H groups in total. The van der Waals surface area contributed by atoms with Gasteiger partial charge in [0, 0.05) is 60.7 Å². The fraction of sp³-hybridized carbons (Fsp3) is 0.292. The van der Waals surface area contributed by atoms with E-state index in [9.17, 15) is 28.1 Å². The largest absolute Gasteiger partial charge is 0.416 e. The first-order chi connectivity index (χ1) is 16.5. The summed E-state index contributed by atoms with van der Waals surface area (Å²) in [5.41, 5.74) is 1.04. The number of hydrogen-bond acceptors (Lipinski definition) is 6. The third-order valence-corrected chi connectivity index (χ3v) is 5.85. The molecule has 0 unspecified atom stereocenters. The lowest BCUT2D eigenvalue weighted by Crippen LogP contribution is -2.49. The molecule has 1 aromatic heterocycles. The van der Waals surface area contributed by atoms with Gasteiger partial charge in [-0.2, -0.15) is 13.2 Å². The number of hydrogen-bond donors (Lipinski definition) is 0. The summed E-state index contributed by atoms with van der Waals surface area (Å²) in [5, 5.41) is 11.2. The second-order valence-electron chi connectivity index (χ2n) is 8.30. The lowest BCUT2D eigenvalue weighted by Gasteiger charge is -2.35. The van der Waals surface area contributed by atoms with E-state index in [4.69, 9.17) is 0 Å². The predicted octanol–water partition coefficient (Wildman–Crippen LogP) is 4.65. The van der Waals surface area contributed by atoms with Crippen molar-refractivity contribution >= 4 is 17.4 Å². The Morgan fingerprint density at radius 2 is 1.63 bits per heavy atom. The number of aryl methyl sites for hydroxylation is 2. The number of nitrogens with zero attached hydrogens (tertiary/aromatic N) is 5. The second-order valence-corrected chi connectivity index (χ2v) is 8.30. The maximum absolute atomic E-state index is 12.9. The summed E-state index contributed by atoms with van der Waals surface area (Å²) < 4.78 is 38.6. The molecule has 0 spiro atoms. The van der Waals surface area contributed by atoms with Gasteiger partial charge < -0.3 is 9.80 Å². The number of carbonyl (C=O) groups excluding carboxylic acids is 1. The number of alkyl halides is 3. The van der Waals surface area contributed by atoms with Crippen LogP contribution in [0.2, 0.25) is 0 Å². The second kappa shape index (κ2) is 9.32. The first-order valence-corrected chi connectivity index (χ1v) is 10.9. The summed E-state index contributed by atoms with van der Waals surface area (Å²) in [6.45, 7) is 5.13. The molecular weight excluding hydrogens is 463 g/mol. The predicted molar refractivity (Wildman–Crippen MR) is 123 cm³/mol. The minimum Gasteiger partial charge on any atom is -0.353 e. The maximum atomic E-state index is 12.9. The molecule has 182 valence electrons. The van der Waals surface area contributed by atoms with Crippen LogP contribution in [-0.2, 0) is 6.18 Å². The van der Waals surface area contributed by atoms with Crippen LogP contribution in [0, 0.1) is 24.0 Å². The molecule has 2 heterocycles. The minimum absolute atomic E-state index is 0.0956. The Hall–Kier alpha value is -4.02. The monoisotopic (exact) mass is 485 g/mol. The molecule has 0 radical (unpaired) electrons. The summed E-state index contributed by atoms with van der Waals surface area (Å²) in [5.74, 6) is 0.654. The van der Waals surface area contributed by atoms with E-state index in [1.807, 2.05) is 4.90 Å². The molecule has 1 aliphatic rings. The van der Waals surface area contributed by atoms with Crippen molar-refractivity contribution in [2.45, 2.75) is 20.0 Å². The third kappa shape index (κ3) is 5.23. The van der Waals surface area contributed by atoms with Gasteiger partial charge in [0.2, 0.25) is 0 Å². The van der Waals surface area contributed by atoms with Crippen molar-refractivity contribution in [2.24, 2.45) is 0 Å². The van der Waals surface area contributed by atoms with Gasteiger partial charge in [0.05, 0.1) is 10.5 Å². The van der Waals surface area contributed by atoms with Gasteiger partial charge >= 0.3 is 6.18 Å². The number of aromatic nitrogens is 2. The van der Waals surface area contributed by atoms with Crippen LogP contribution in [0.5, 0.6) is 0 Å². The van der Waals surface area contributed by atoms with Crippen LogP contribution in [0.1, 0.15) is 27.2 Å². The number of amides is 1. The Morgan fingerprint density at radius 3 is 2.23 bits per heavy atom. The van der Waals surface area contributed by atoms with Gasteiger partial charge in [-0.15, -0.1) is 0 Å². The molecule has 1 amide bonds. The van der Waals surface area contributed by atoms with Crippen molar-refractivity contribution in [1.29, 1.82) is 0 Å². The van der Waals surface area contributed by atoms with Crippen LogP contribution in [-0.4, -0.2) is 51.9 Å². The molecule has 0 aliphatic carbocycles. The highest BCUT2D eigenvalue weighted by atomic mass is 19.4. The molecule has 3 aromatic rings. The zero-order chi connectivity index (χ0) is 25.3. The average molecular weight is 485 g/mol. The minimum atomic E-state index is -4.42. The summed E-state index contributed by atoms with van der Waals surface area (Å²) in [6.07, 6.45) is -4.42. The third-order valence-electron chi connectivity index (χ3n) is 5.85. The molecule has 0 atom stereocenters. The molecule has 0 saturated carbocycles. The first kappa shape index (κ1) is 24.1. The quantitative estimate of drug-likeness (QED) is 0.395. The van der Waals surface area contributed by atoms with E-state index in [1.54, 1.807) is 36.9 Å². The number of anilines is 1. The lowest BCUT2D eigenvalue weighted by atomic mass is 10.1. The van der Waals surface area contributed by atoms with E-state index >= 15 is 0 Å². The van der Waals surface area contributed by atoms with Crippen molar-refractivity contribution in [1.82, 2.24) is 14.9 Å². The number of rotatable bonds is 4. The summed E-state index contributed by atoms with van der Waals surface area (Å²) in [7, 11) is 0. The van der Waals surface area contributed by atoms with Gasteiger partial charge in [-0.3, -0.25) is 14.9 Å². The summed E-state index contributed by atoms with van der Waals surface area (Å²) >= 11 is 0. The van der Waals surface area contributed by atoms with Crippen LogP contribution in [0.3, 0.4) is 0 Å². The van der Waals surface area contributed by atoms with E-state index in [0.717, 1.165) is 12.1 Å². The molecule has 0 bridgehead atoms. The van der Waals surface area contributed by atoms with Gasteiger partial charge in [-0.05, 0) is 32.0 Å². The first-order valence-electron chi connectivity index (χ1n) is 10.9. The highest BCUT2D eigenvalue weighted by Crippen LogP contribution is 2.31. The van der Waals surface area contributed by atoms with E-state index < -0.39 is 16.7 Å². The number of nitro groups is 1. The van der Waals surface area contributed by atoms with Crippen molar-refractivity contribution < 1.29 is 22.9 Å². The zero-order valence-corrected chi connectivity index (χ0v) is 19.0. The van der Waals surface area contributed by atoms with Gasteiger partial charge in [-0.25, -0.2) is 9.97 Å². The van der Waals surface area contributed by atoms with Crippen molar-refractivity contribution in [3.05, 3.63) is 81.0 Å². The van der Waals surface area contributed by atoms with Crippen LogP contribution in [0.25, 0.3) is 11.4 Å². The number of carbonyl (C=O) groups is 1. The van der Waals surface area contributed by atoms with Gasteiger partial charge in [0.1, 0.15) is 5.82 Å². The van der Waals surface area contributed by atoms with Crippen molar-refractivity contribution in [2.75, 3.05) is 31.1 Å². The van der Waals surface area contributed by atoms with Crippen LogP contribution >= 0.6 is 0 Å². The smallest absolute Gasteiger partial charge is 0.353 e. The Kier molecular flexibility index (Phi) is 6.42. The fourth-order valence-corrected chi connectivity index (χ4v) is 3.91. The molecule has 11 heteroatoms. The summed E-state index contributed by atoms with van der Waals surface area (Å²) in [6, 6.07) is 10.9. The van der Waals surface area contributed by atoms with E-state index in [2.05, 4.69) is 9.97 Å². The number of piperazine rings is 1. The highest BCUT2D eigenvalue weighted by molar-refractivity contribution is 5.95. The molecule has 35 heavy (non-hydrogen) atoms. The Bertz CT molecular complexity index is 1270. The standard InChI is InChI=1S/C24H22F3N5O3/c1-15-3-4-18(14-20(15)32(34)35)23(33)31-11-9-30(10-12-31)21-13-16(2)28-22(29-21)17-5-7-19(8-6-17)24(25,26)27/h3-8,13-14H,9-12H2,1-2H3. The number of nitro benzene ring substituents is 1. The number of benzene rings is 2. The Labute approximate surface area is 199 Å². The molecular formula is C24H22F3N5O3. The molecule has 1 fully saturated rings. The van der Waals surface area contributed by atoms with Crippen molar-refractivity contribution in [3.8, 4) is 11.4 Å². The van der Waals surface area contributed by atoms with E-state index in [0.29, 0.717) is 54.6 Å². The fourth-order valence-electron chi connectivity index (χ4n) is 3.91. The summed E-state index contributed by atoms with van der Waals surface area (Å²) in [4.78, 5) is 36.1. The molecule has 2 aromatic carbocycles. The topological polar surface area (TPSA) is 92.5 Å². The molecule has 8 nitrogen and oxygen atoms in total. The zero-order valence-electron chi connectivity index (χ0n) is 19.0. The number of halogens is 3. The lowest BCUT2D eigenvalue weighted by molar-refractivity contribution is -0.385. The van der Waals surface area contributed by atoms with Gasteiger partial charge in [0.15, 0.2) is 5.82 Å². The average Bonchev–Trinajstić information content (AvgIpc) is 2.83. The Balaban J connectivity index is 1.48. The van der Waals surface area contributed by atoms with Crippen LogP contribution < -0.4 is 4.90 Å². The molecule has 1 aliphatic heterocycles. The Morgan fingerprint density at radius 1 is 0.971 bits per heavy atom.